The molecule has 0 N–H and O–H groups in total. The number of benzene rings is 5. The van der Waals surface area contributed by atoms with Gasteiger partial charge in [-0.2, -0.15) is 0 Å². The molecule has 0 bridgehead atoms. The molecule has 3 aliphatic rings. The summed E-state index contributed by atoms with van der Waals surface area (Å²) in [5.74, 6) is 3.73. The molecule has 0 radical (unpaired) electrons. The second-order valence-corrected chi connectivity index (χ2v) is 10.9. The Labute approximate surface area is 239 Å². The van der Waals surface area contributed by atoms with Gasteiger partial charge in [0.1, 0.15) is 29.7 Å². The average molecular weight is 539 g/mol. The van der Waals surface area contributed by atoms with Crippen LogP contribution in [0.2, 0.25) is 0 Å². The SMILES string of the molecule is C1=CC(N2COc3c(ccc4ccccc34)C2)CC=C1Oc1ccc(N2COc3c(ccc4ccccc34)C2)cc1. The van der Waals surface area contributed by atoms with E-state index in [-0.39, 0.29) is 6.04 Å². The predicted octanol–water partition coefficient (Wildman–Crippen LogP) is 7.79. The molecule has 0 aromatic heterocycles. The van der Waals surface area contributed by atoms with Gasteiger partial charge in [0, 0.05) is 46.7 Å². The molecule has 5 nitrogen and oxygen atoms in total. The van der Waals surface area contributed by atoms with Crippen molar-refractivity contribution in [3.05, 3.63) is 132 Å². The van der Waals surface area contributed by atoms with Crippen LogP contribution in [-0.2, 0) is 13.1 Å². The molecule has 2 aliphatic heterocycles. The van der Waals surface area contributed by atoms with Crippen LogP contribution in [0.3, 0.4) is 0 Å². The lowest BCUT2D eigenvalue weighted by Gasteiger charge is -2.35. The Morgan fingerprint density at radius 3 is 2.00 bits per heavy atom. The van der Waals surface area contributed by atoms with Crippen LogP contribution in [0, 0.1) is 0 Å². The van der Waals surface area contributed by atoms with Gasteiger partial charge in [-0.1, -0.05) is 78.9 Å². The second-order valence-electron chi connectivity index (χ2n) is 10.9. The van der Waals surface area contributed by atoms with E-state index in [0.717, 1.165) is 48.2 Å². The minimum absolute atomic E-state index is 0.281. The van der Waals surface area contributed by atoms with Crippen LogP contribution >= 0.6 is 0 Å². The summed E-state index contributed by atoms with van der Waals surface area (Å²) in [5, 5.41) is 4.80. The minimum atomic E-state index is 0.281. The molecule has 1 atom stereocenters. The summed E-state index contributed by atoms with van der Waals surface area (Å²) in [6, 6.07) is 34.1. The van der Waals surface area contributed by atoms with Crippen LogP contribution in [0.15, 0.2) is 121 Å². The van der Waals surface area contributed by atoms with E-state index in [1.54, 1.807) is 0 Å². The number of hydrogen-bond donors (Lipinski definition) is 0. The average Bonchev–Trinajstić information content (AvgIpc) is 3.05. The van der Waals surface area contributed by atoms with Crippen molar-refractivity contribution in [2.75, 3.05) is 18.4 Å². The molecule has 0 amide bonds. The number of rotatable bonds is 4. The van der Waals surface area contributed by atoms with E-state index in [9.17, 15) is 0 Å². The normalized spacial score (nSPS) is 18.3. The van der Waals surface area contributed by atoms with Crippen LogP contribution in [0.4, 0.5) is 5.69 Å². The van der Waals surface area contributed by atoms with Crippen molar-refractivity contribution < 1.29 is 14.2 Å². The van der Waals surface area contributed by atoms with E-state index in [2.05, 4.69) is 113 Å². The van der Waals surface area contributed by atoms with Crippen molar-refractivity contribution in [3.8, 4) is 17.2 Å². The number of anilines is 1. The first kappa shape index (κ1) is 24.1. The van der Waals surface area contributed by atoms with Crippen molar-refractivity contribution in [1.29, 1.82) is 0 Å². The molecule has 5 aromatic rings. The highest BCUT2D eigenvalue weighted by Gasteiger charge is 2.25. The van der Waals surface area contributed by atoms with Gasteiger partial charge >= 0.3 is 0 Å². The third-order valence-corrected chi connectivity index (χ3v) is 8.35. The van der Waals surface area contributed by atoms with E-state index < -0.39 is 0 Å². The van der Waals surface area contributed by atoms with Crippen molar-refractivity contribution in [2.24, 2.45) is 0 Å². The van der Waals surface area contributed by atoms with Gasteiger partial charge < -0.3 is 19.1 Å². The Bertz CT molecular complexity index is 1830. The maximum atomic E-state index is 6.25. The largest absolute Gasteiger partial charge is 0.477 e. The Hall–Kier alpha value is -4.74. The number of ether oxygens (including phenoxy) is 3. The first-order valence-corrected chi connectivity index (χ1v) is 14.2. The molecule has 5 heteroatoms. The van der Waals surface area contributed by atoms with Gasteiger partial charge in [-0.25, -0.2) is 0 Å². The number of allylic oxidation sites excluding steroid dienone is 1. The van der Waals surface area contributed by atoms with Crippen molar-refractivity contribution in [1.82, 2.24) is 4.90 Å². The molecule has 1 unspecified atom stereocenters. The Morgan fingerprint density at radius 2 is 1.32 bits per heavy atom. The maximum absolute atomic E-state index is 6.25. The lowest BCUT2D eigenvalue weighted by Crippen LogP contribution is -2.39. The van der Waals surface area contributed by atoms with Crippen molar-refractivity contribution in [2.45, 2.75) is 25.6 Å². The molecule has 0 saturated carbocycles. The highest BCUT2D eigenvalue weighted by atomic mass is 16.5. The molecular weight excluding hydrogens is 508 g/mol. The summed E-state index contributed by atoms with van der Waals surface area (Å²) >= 11 is 0. The van der Waals surface area contributed by atoms with Gasteiger partial charge in [0.05, 0.1) is 0 Å². The van der Waals surface area contributed by atoms with Crippen LogP contribution < -0.4 is 19.1 Å². The topological polar surface area (TPSA) is 34.2 Å². The third kappa shape index (κ3) is 4.48. The molecule has 41 heavy (non-hydrogen) atoms. The number of nitrogens with zero attached hydrogens (tertiary/aromatic N) is 2. The minimum Gasteiger partial charge on any atom is -0.477 e. The lowest BCUT2D eigenvalue weighted by molar-refractivity contribution is 0.0735. The Balaban J connectivity index is 0.901. The standard InChI is InChI=1S/C36H30N2O3/c1-3-7-33-25(5-1)9-11-27-21-37(23-39-35(27)33)29-13-17-31(18-14-29)41-32-19-15-30(16-20-32)38-22-28-12-10-26-6-2-4-8-34(26)36(28)40-24-38/h1-15,17-20,30H,16,21-24H2. The van der Waals surface area contributed by atoms with Crippen LogP contribution in [0.5, 0.6) is 17.2 Å². The van der Waals surface area contributed by atoms with Gasteiger partial charge in [0.2, 0.25) is 0 Å². The van der Waals surface area contributed by atoms with Crippen molar-refractivity contribution in [3.63, 3.8) is 0 Å². The van der Waals surface area contributed by atoms with Gasteiger partial charge in [0.25, 0.3) is 0 Å². The van der Waals surface area contributed by atoms with E-state index >= 15 is 0 Å². The first-order valence-electron chi connectivity index (χ1n) is 14.2. The fourth-order valence-corrected chi connectivity index (χ4v) is 6.15. The van der Waals surface area contributed by atoms with Crippen LogP contribution in [0.1, 0.15) is 17.5 Å². The highest BCUT2D eigenvalue weighted by Crippen LogP contribution is 2.37. The summed E-state index contributed by atoms with van der Waals surface area (Å²) in [6.45, 7) is 2.80. The molecule has 202 valence electrons. The molecule has 5 aromatic carbocycles. The molecule has 2 heterocycles. The molecule has 0 saturated heterocycles. The highest BCUT2D eigenvalue weighted by molar-refractivity contribution is 5.90. The number of hydrogen-bond acceptors (Lipinski definition) is 5. The first-order chi connectivity index (χ1) is 20.3. The zero-order chi connectivity index (χ0) is 27.2. The summed E-state index contributed by atoms with van der Waals surface area (Å²) in [4.78, 5) is 4.62. The van der Waals surface area contributed by atoms with E-state index in [4.69, 9.17) is 14.2 Å². The number of fused-ring (bicyclic) bond motifs is 6. The van der Waals surface area contributed by atoms with Gasteiger partial charge in [-0.3, -0.25) is 4.90 Å². The Kier molecular flexibility index (Phi) is 5.89. The van der Waals surface area contributed by atoms with Gasteiger partial charge in [-0.15, -0.1) is 0 Å². The fraction of sp³-hybridized carbons (Fsp3) is 0.167. The Morgan fingerprint density at radius 1 is 0.659 bits per heavy atom. The van der Waals surface area contributed by atoms with Gasteiger partial charge in [0.15, 0.2) is 6.73 Å². The third-order valence-electron chi connectivity index (χ3n) is 8.35. The van der Waals surface area contributed by atoms with Gasteiger partial charge in [-0.05, 0) is 53.6 Å². The summed E-state index contributed by atoms with van der Waals surface area (Å²) < 4.78 is 18.7. The second kappa shape index (κ2) is 10.0. The maximum Gasteiger partial charge on any atom is 0.161 e. The smallest absolute Gasteiger partial charge is 0.161 e. The summed E-state index contributed by atoms with van der Waals surface area (Å²) in [6.07, 6.45) is 7.37. The van der Waals surface area contributed by atoms with Crippen molar-refractivity contribution >= 4 is 27.2 Å². The zero-order valence-electron chi connectivity index (χ0n) is 22.7. The monoisotopic (exact) mass is 538 g/mol. The predicted molar refractivity (Wildman–Crippen MR) is 163 cm³/mol. The summed E-state index contributed by atoms with van der Waals surface area (Å²) in [5.41, 5.74) is 3.56. The van der Waals surface area contributed by atoms with E-state index in [1.165, 1.54) is 32.7 Å². The van der Waals surface area contributed by atoms with Crippen LogP contribution in [0.25, 0.3) is 21.5 Å². The molecule has 8 rings (SSSR count). The molecule has 1 aliphatic carbocycles. The zero-order valence-corrected chi connectivity index (χ0v) is 22.7. The fourth-order valence-electron chi connectivity index (χ4n) is 6.15. The van der Waals surface area contributed by atoms with Crippen LogP contribution in [-0.4, -0.2) is 24.4 Å². The van der Waals surface area contributed by atoms with E-state index in [1.807, 2.05) is 12.1 Å². The molecule has 0 fully saturated rings. The lowest BCUT2D eigenvalue weighted by atomic mass is 10.0. The summed E-state index contributed by atoms with van der Waals surface area (Å²) in [7, 11) is 0. The quantitative estimate of drug-likeness (QED) is 0.233. The van der Waals surface area contributed by atoms with E-state index in [0.29, 0.717) is 13.5 Å². The molecule has 0 spiro atoms. The molecular formula is C36H30N2O3.